The van der Waals surface area contributed by atoms with Gasteiger partial charge < -0.3 is 9.47 Å². The van der Waals surface area contributed by atoms with Crippen LogP contribution in [0.5, 0.6) is 0 Å². The lowest BCUT2D eigenvalue weighted by atomic mass is 9.92. The van der Waals surface area contributed by atoms with Crippen LogP contribution in [-0.2, 0) is 19.1 Å². The summed E-state index contributed by atoms with van der Waals surface area (Å²) in [6, 6.07) is 0. The maximum atomic E-state index is 12.1. The summed E-state index contributed by atoms with van der Waals surface area (Å²) in [5, 5.41) is 1.65. The summed E-state index contributed by atoms with van der Waals surface area (Å²) in [6.45, 7) is 7.98. The van der Waals surface area contributed by atoms with Gasteiger partial charge in [-0.2, -0.15) is 0 Å². The third kappa shape index (κ3) is 2.42. The van der Waals surface area contributed by atoms with Crippen molar-refractivity contribution in [2.45, 2.75) is 25.3 Å². The van der Waals surface area contributed by atoms with Crippen molar-refractivity contribution in [1.29, 1.82) is 0 Å². The molecule has 6 heteroatoms. The first-order valence-electron chi connectivity index (χ1n) is 6.20. The number of hydrogen-bond donors (Lipinski definition) is 0. The van der Waals surface area contributed by atoms with Crippen LogP contribution in [0.15, 0.2) is 23.8 Å². The Hall–Kier alpha value is -1.27. The molecule has 2 aliphatic rings. The van der Waals surface area contributed by atoms with E-state index in [1.807, 2.05) is 13.8 Å². The number of carbonyl (C=O) groups is 2. The minimum Gasteiger partial charge on any atom is -0.457 e. The average Bonchev–Trinajstić information content (AvgIpc) is 2.75. The van der Waals surface area contributed by atoms with Gasteiger partial charge in [-0.1, -0.05) is 12.7 Å². The summed E-state index contributed by atoms with van der Waals surface area (Å²) in [6.07, 6.45) is 1.36. The van der Waals surface area contributed by atoms with Crippen LogP contribution in [0.25, 0.3) is 0 Å². The van der Waals surface area contributed by atoms with E-state index in [4.69, 9.17) is 9.47 Å². The zero-order valence-corrected chi connectivity index (χ0v) is 11.8. The van der Waals surface area contributed by atoms with Crippen LogP contribution in [-0.4, -0.2) is 41.5 Å². The summed E-state index contributed by atoms with van der Waals surface area (Å²) < 4.78 is 10.4. The molecule has 5 nitrogen and oxygen atoms in total. The number of fused-ring (bicyclic) bond motifs is 1. The van der Waals surface area contributed by atoms with Crippen molar-refractivity contribution in [2.75, 3.05) is 13.2 Å². The highest BCUT2D eigenvalue weighted by atomic mass is 32.2. The third-order valence-corrected chi connectivity index (χ3v) is 4.28. The Balaban J connectivity index is 1.99. The van der Waals surface area contributed by atoms with E-state index in [1.54, 1.807) is 5.41 Å². The molecule has 1 saturated heterocycles. The molecule has 1 amide bonds. The van der Waals surface area contributed by atoms with Gasteiger partial charge in [0.05, 0.1) is 12.0 Å². The number of hydrogen-bond acceptors (Lipinski definition) is 5. The number of β-lactam (4-membered cyclic amide) rings is 1. The molecule has 0 aromatic carbocycles. The van der Waals surface area contributed by atoms with Gasteiger partial charge in [0.1, 0.15) is 17.7 Å². The first kappa shape index (κ1) is 14.1. The van der Waals surface area contributed by atoms with Crippen molar-refractivity contribution in [3.63, 3.8) is 0 Å². The van der Waals surface area contributed by atoms with Gasteiger partial charge >= 0.3 is 5.97 Å². The summed E-state index contributed by atoms with van der Waals surface area (Å²) in [5.41, 5.74) is 0.321. The SMILES string of the molecule is C=CCOC(=O)C1=CS[C@H]2[C@@H]([C@@H](C)OCC)C(=O)N12. The molecule has 2 aliphatic heterocycles. The fourth-order valence-electron chi connectivity index (χ4n) is 2.23. The van der Waals surface area contributed by atoms with Crippen molar-refractivity contribution in [3.05, 3.63) is 23.8 Å². The highest BCUT2D eigenvalue weighted by Gasteiger charge is 2.56. The monoisotopic (exact) mass is 283 g/mol. The second-order valence-corrected chi connectivity index (χ2v) is 5.30. The molecule has 0 radical (unpaired) electrons. The standard InChI is InChI=1S/C13H17NO4S/c1-4-6-18-13(16)9-7-19-12-10(8(3)17-5-2)11(15)14(9)12/h4,7-8,10,12H,1,5-6H2,2-3H3/t8-,10+,12+/m1/s1. The van der Waals surface area contributed by atoms with E-state index >= 15 is 0 Å². The van der Waals surface area contributed by atoms with Crippen LogP contribution in [0, 0.1) is 5.92 Å². The molecule has 2 heterocycles. The molecule has 0 saturated carbocycles. The molecule has 2 rings (SSSR count). The highest BCUT2D eigenvalue weighted by molar-refractivity contribution is 8.03. The predicted molar refractivity (Wildman–Crippen MR) is 72.0 cm³/mol. The molecule has 0 aromatic rings. The minimum atomic E-state index is -0.481. The van der Waals surface area contributed by atoms with E-state index in [0.717, 1.165) is 0 Å². The molecule has 0 aromatic heterocycles. The second-order valence-electron chi connectivity index (χ2n) is 4.31. The molecule has 104 valence electrons. The van der Waals surface area contributed by atoms with Crippen molar-refractivity contribution >= 4 is 23.6 Å². The summed E-state index contributed by atoms with van der Waals surface area (Å²) in [4.78, 5) is 25.4. The summed E-state index contributed by atoms with van der Waals surface area (Å²) >= 11 is 1.46. The first-order chi connectivity index (χ1) is 9.11. The number of thioether (sulfide) groups is 1. The maximum Gasteiger partial charge on any atom is 0.355 e. The fourth-order valence-corrected chi connectivity index (χ4v) is 3.56. The predicted octanol–water partition coefficient (Wildman–Crippen LogP) is 1.51. The topological polar surface area (TPSA) is 55.8 Å². The third-order valence-electron chi connectivity index (χ3n) is 3.14. The van der Waals surface area contributed by atoms with Crippen molar-refractivity contribution in [1.82, 2.24) is 4.90 Å². The van der Waals surface area contributed by atoms with E-state index in [-0.39, 0.29) is 29.9 Å². The van der Waals surface area contributed by atoms with Gasteiger partial charge in [0.25, 0.3) is 0 Å². The maximum absolute atomic E-state index is 12.1. The fraction of sp³-hybridized carbons (Fsp3) is 0.538. The number of ether oxygens (including phenoxy) is 2. The lowest BCUT2D eigenvalue weighted by molar-refractivity contribution is -0.159. The molecule has 0 aliphatic carbocycles. The Morgan fingerprint density at radius 1 is 1.68 bits per heavy atom. The Bertz CT molecular complexity index is 434. The second kappa shape index (κ2) is 5.79. The minimum absolute atomic E-state index is 0.0414. The van der Waals surface area contributed by atoms with Crippen LogP contribution >= 0.6 is 11.8 Å². The van der Waals surface area contributed by atoms with Gasteiger partial charge in [-0.05, 0) is 13.8 Å². The molecule has 0 spiro atoms. The van der Waals surface area contributed by atoms with Gasteiger partial charge in [-0.3, -0.25) is 9.69 Å². The zero-order valence-electron chi connectivity index (χ0n) is 11.0. The normalized spacial score (nSPS) is 26.3. The summed E-state index contributed by atoms with van der Waals surface area (Å²) in [7, 11) is 0. The lowest BCUT2D eigenvalue weighted by Crippen LogP contribution is -2.61. The van der Waals surface area contributed by atoms with Crippen LogP contribution in [0.3, 0.4) is 0 Å². The van der Waals surface area contributed by atoms with Gasteiger partial charge in [-0.25, -0.2) is 4.79 Å². The molecule has 0 unspecified atom stereocenters. The van der Waals surface area contributed by atoms with Gasteiger partial charge in [0.2, 0.25) is 5.91 Å². The molecular weight excluding hydrogens is 266 g/mol. The molecule has 3 atom stereocenters. The smallest absolute Gasteiger partial charge is 0.355 e. The highest BCUT2D eigenvalue weighted by Crippen LogP contribution is 2.46. The Morgan fingerprint density at radius 3 is 3.05 bits per heavy atom. The van der Waals surface area contributed by atoms with Crippen LogP contribution in [0.4, 0.5) is 0 Å². The molecular formula is C13H17NO4S. The van der Waals surface area contributed by atoms with Gasteiger partial charge in [-0.15, -0.1) is 11.8 Å². The average molecular weight is 283 g/mol. The molecule has 1 fully saturated rings. The Kier molecular flexibility index (Phi) is 4.31. The van der Waals surface area contributed by atoms with Crippen LogP contribution in [0.2, 0.25) is 0 Å². The number of esters is 1. The van der Waals surface area contributed by atoms with Crippen LogP contribution < -0.4 is 0 Å². The van der Waals surface area contributed by atoms with E-state index < -0.39 is 5.97 Å². The van der Waals surface area contributed by atoms with E-state index in [0.29, 0.717) is 12.3 Å². The van der Waals surface area contributed by atoms with Crippen LogP contribution in [0.1, 0.15) is 13.8 Å². The quantitative estimate of drug-likeness (QED) is 0.420. The van der Waals surface area contributed by atoms with Gasteiger partial charge in [0, 0.05) is 12.0 Å². The number of nitrogens with zero attached hydrogens (tertiary/aromatic N) is 1. The van der Waals surface area contributed by atoms with Gasteiger partial charge in [0.15, 0.2) is 0 Å². The molecule has 19 heavy (non-hydrogen) atoms. The number of amides is 1. The number of rotatable bonds is 6. The lowest BCUT2D eigenvalue weighted by Gasteiger charge is -2.44. The molecule has 0 N–H and O–H groups in total. The Morgan fingerprint density at radius 2 is 2.42 bits per heavy atom. The van der Waals surface area contributed by atoms with E-state index in [2.05, 4.69) is 6.58 Å². The first-order valence-corrected chi connectivity index (χ1v) is 7.14. The Labute approximate surface area is 116 Å². The van der Waals surface area contributed by atoms with Crippen molar-refractivity contribution in [2.24, 2.45) is 5.92 Å². The molecule has 0 bridgehead atoms. The van der Waals surface area contributed by atoms with E-state index in [1.165, 1.54) is 22.7 Å². The number of carbonyl (C=O) groups excluding carboxylic acids is 2. The summed E-state index contributed by atoms with van der Waals surface area (Å²) in [5.74, 6) is -0.741. The van der Waals surface area contributed by atoms with Crippen molar-refractivity contribution in [3.8, 4) is 0 Å². The zero-order chi connectivity index (χ0) is 14.0. The largest absolute Gasteiger partial charge is 0.457 e. The van der Waals surface area contributed by atoms with E-state index in [9.17, 15) is 9.59 Å². The van der Waals surface area contributed by atoms with Crippen molar-refractivity contribution < 1.29 is 19.1 Å².